The number of carbonyl (C=O) groups excluding carboxylic acids is 2. The highest BCUT2D eigenvalue weighted by Gasteiger charge is 2.33. The molecule has 1 N–H and O–H groups in total. The zero-order valence-electron chi connectivity index (χ0n) is 22.5. The monoisotopic (exact) mass is 623 g/mol. The Balaban J connectivity index is 2.07. The maximum atomic E-state index is 14.1. The molecule has 3 rings (SSSR count). The highest BCUT2D eigenvalue weighted by Crippen LogP contribution is 2.30. The molecule has 0 radical (unpaired) electrons. The predicted molar refractivity (Wildman–Crippen MR) is 162 cm³/mol. The van der Waals surface area contributed by atoms with E-state index >= 15 is 0 Å². The van der Waals surface area contributed by atoms with Crippen molar-refractivity contribution in [2.75, 3.05) is 23.7 Å². The van der Waals surface area contributed by atoms with Gasteiger partial charge in [0.25, 0.3) is 0 Å². The molecular weight excluding hydrogens is 593 g/mol. The number of hydrogen-bond acceptors (Lipinski definition) is 4. The Morgan fingerprint density at radius 2 is 1.52 bits per heavy atom. The molecule has 3 aromatic carbocycles. The number of nitrogens with zero attached hydrogens (tertiary/aromatic N) is 2. The second-order valence-electron chi connectivity index (χ2n) is 9.86. The standard InChI is InChI=1S/C29H32Cl3N3O4S/c1-20(2)17-33-29(37)27(15-21-8-5-4-6-9-21)34(18-22-10-7-11-23(30)14-22)28(36)19-35(40(3,38)39)26-13-12-24(31)16-25(26)32/h4-14,16,20,27H,15,17-19H2,1-3H3,(H,33,37)/t27-/m1/s1. The molecule has 0 saturated heterocycles. The molecule has 2 amide bonds. The number of benzene rings is 3. The summed E-state index contributed by atoms with van der Waals surface area (Å²) in [4.78, 5) is 29.1. The summed E-state index contributed by atoms with van der Waals surface area (Å²) in [6.45, 7) is 3.81. The van der Waals surface area contributed by atoms with Crippen molar-refractivity contribution >= 4 is 62.3 Å². The summed E-state index contributed by atoms with van der Waals surface area (Å²) in [6.07, 6.45) is 1.21. The molecule has 0 fully saturated rings. The van der Waals surface area contributed by atoms with E-state index in [1.54, 1.807) is 24.3 Å². The Morgan fingerprint density at radius 1 is 0.875 bits per heavy atom. The fourth-order valence-corrected chi connectivity index (χ4v) is 5.72. The first-order valence-electron chi connectivity index (χ1n) is 12.6. The molecule has 1 atom stereocenters. The molecule has 11 heteroatoms. The molecule has 0 saturated carbocycles. The van der Waals surface area contributed by atoms with Gasteiger partial charge in [-0.25, -0.2) is 8.42 Å². The van der Waals surface area contributed by atoms with Crippen molar-refractivity contribution in [2.45, 2.75) is 32.9 Å². The summed E-state index contributed by atoms with van der Waals surface area (Å²) < 4.78 is 26.7. The van der Waals surface area contributed by atoms with E-state index in [1.807, 2.05) is 44.2 Å². The van der Waals surface area contributed by atoms with E-state index in [2.05, 4.69) is 5.32 Å². The maximum Gasteiger partial charge on any atom is 0.244 e. The van der Waals surface area contributed by atoms with Crippen LogP contribution in [-0.4, -0.2) is 50.5 Å². The lowest BCUT2D eigenvalue weighted by Crippen LogP contribution is -2.53. The summed E-state index contributed by atoms with van der Waals surface area (Å²) in [5.41, 5.74) is 1.64. The summed E-state index contributed by atoms with van der Waals surface area (Å²) in [6, 6.07) is 19.7. The van der Waals surface area contributed by atoms with Crippen molar-refractivity contribution in [3.63, 3.8) is 0 Å². The second kappa shape index (κ2) is 14.2. The van der Waals surface area contributed by atoms with Gasteiger partial charge >= 0.3 is 0 Å². The minimum absolute atomic E-state index is 0.0257. The van der Waals surface area contributed by atoms with E-state index in [4.69, 9.17) is 34.8 Å². The van der Waals surface area contributed by atoms with E-state index in [0.29, 0.717) is 22.2 Å². The van der Waals surface area contributed by atoms with Gasteiger partial charge in [-0.3, -0.25) is 13.9 Å². The van der Waals surface area contributed by atoms with E-state index < -0.39 is 28.5 Å². The quantitative estimate of drug-likeness (QED) is 0.275. The van der Waals surface area contributed by atoms with Crippen molar-refractivity contribution < 1.29 is 18.0 Å². The molecule has 0 aliphatic heterocycles. The van der Waals surface area contributed by atoms with Gasteiger partial charge in [0.05, 0.1) is 17.0 Å². The van der Waals surface area contributed by atoms with Crippen LogP contribution in [0.1, 0.15) is 25.0 Å². The largest absolute Gasteiger partial charge is 0.354 e. The van der Waals surface area contributed by atoms with Gasteiger partial charge in [0, 0.05) is 29.6 Å². The summed E-state index contributed by atoms with van der Waals surface area (Å²) >= 11 is 18.6. The van der Waals surface area contributed by atoms with Gasteiger partial charge < -0.3 is 10.2 Å². The molecular formula is C29H32Cl3N3O4S. The number of sulfonamides is 1. The third kappa shape index (κ3) is 9.13. The van der Waals surface area contributed by atoms with E-state index in [-0.39, 0.29) is 35.5 Å². The number of rotatable bonds is 12. The number of anilines is 1. The second-order valence-corrected chi connectivity index (χ2v) is 13.0. The lowest BCUT2D eigenvalue weighted by atomic mass is 10.0. The van der Waals surface area contributed by atoms with E-state index in [1.165, 1.54) is 23.1 Å². The average Bonchev–Trinajstić information content (AvgIpc) is 2.88. The zero-order valence-corrected chi connectivity index (χ0v) is 25.6. The lowest BCUT2D eigenvalue weighted by molar-refractivity contribution is -0.140. The maximum absolute atomic E-state index is 14.1. The Hall–Kier alpha value is -2.78. The Bertz CT molecular complexity index is 1440. The number of amides is 2. The summed E-state index contributed by atoms with van der Waals surface area (Å²) in [5.74, 6) is -0.744. The first kappa shape index (κ1) is 31.7. The van der Waals surface area contributed by atoms with Crippen LogP contribution in [0, 0.1) is 5.92 Å². The van der Waals surface area contributed by atoms with Crippen molar-refractivity contribution in [3.05, 3.63) is 99.0 Å². The number of hydrogen-bond donors (Lipinski definition) is 1. The van der Waals surface area contributed by atoms with Gasteiger partial charge in [0.1, 0.15) is 12.6 Å². The minimum atomic E-state index is -3.95. The fraction of sp³-hybridized carbons (Fsp3) is 0.310. The van der Waals surface area contributed by atoms with Crippen LogP contribution in [0.4, 0.5) is 5.69 Å². The van der Waals surface area contributed by atoms with E-state index in [9.17, 15) is 18.0 Å². The first-order chi connectivity index (χ1) is 18.8. The van der Waals surface area contributed by atoms with Crippen LogP contribution >= 0.6 is 34.8 Å². The van der Waals surface area contributed by atoms with Gasteiger partial charge in [0.15, 0.2) is 0 Å². The van der Waals surface area contributed by atoms with Gasteiger partial charge in [-0.1, -0.05) is 91.1 Å². The molecule has 0 heterocycles. The van der Waals surface area contributed by atoms with E-state index in [0.717, 1.165) is 16.1 Å². The third-order valence-electron chi connectivity index (χ3n) is 6.06. The Labute approximate surface area is 251 Å². The molecule has 3 aromatic rings. The topological polar surface area (TPSA) is 86.8 Å². The van der Waals surface area contributed by atoms with Gasteiger partial charge in [-0.05, 0) is 47.4 Å². The van der Waals surface area contributed by atoms with Gasteiger partial charge in [-0.15, -0.1) is 0 Å². The highest BCUT2D eigenvalue weighted by molar-refractivity contribution is 7.92. The molecule has 0 unspecified atom stereocenters. The normalized spacial score (nSPS) is 12.2. The Morgan fingerprint density at radius 3 is 2.12 bits per heavy atom. The number of carbonyl (C=O) groups is 2. The molecule has 0 aliphatic carbocycles. The minimum Gasteiger partial charge on any atom is -0.354 e. The Kier molecular flexibility index (Phi) is 11.3. The van der Waals surface area contributed by atoms with Crippen molar-refractivity contribution in [1.82, 2.24) is 10.2 Å². The summed E-state index contributed by atoms with van der Waals surface area (Å²) in [7, 11) is -3.95. The third-order valence-corrected chi connectivity index (χ3v) is 7.95. The predicted octanol–water partition coefficient (Wildman–Crippen LogP) is 5.83. The van der Waals surface area contributed by atoms with Crippen molar-refractivity contribution in [2.24, 2.45) is 5.92 Å². The molecule has 0 aromatic heterocycles. The smallest absolute Gasteiger partial charge is 0.244 e. The van der Waals surface area contributed by atoms with Crippen LogP contribution < -0.4 is 9.62 Å². The molecule has 0 aliphatic rings. The average molecular weight is 625 g/mol. The van der Waals surface area contributed by atoms with Crippen molar-refractivity contribution in [3.8, 4) is 0 Å². The number of halogens is 3. The van der Waals surface area contributed by atoms with Crippen LogP contribution in [0.3, 0.4) is 0 Å². The molecule has 7 nitrogen and oxygen atoms in total. The molecule has 0 spiro atoms. The van der Waals surface area contributed by atoms with Crippen LogP contribution in [0.2, 0.25) is 15.1 Å². The molecule has 40 heavy (non-hydrogen) atoms. The van der Waals surface area contributed by atoms with Gasteiger partial charge in [0.2, 0.25) is 21.8 Å². The van der Waals surface area contributed by atoms with Crippen LogP contribution in [0.25, 0.3) is 0 Å². The molecule has 214 valence electrons. The fourth-order valence-electron chi connectivity index (χ4n) is 4.09. The van der Waals surface area contributed by atoms with Crippen molar-refractivity contribution in [1.29, 1.82) is 0 Å². The van der Waals surface area contributed by atoms with Crippen LogP contribution in [-0.2, 0) is 32.6 Å². The van der Waals surface area contributed by atoms with Gasteiger partial charge in [-0.2, -0.15) is 0 Å². The summed E-state index contributed by atoms with van der Waals surface area (Å²) in [5, 5.41) is 3.80. The van der Waals surface area contributed by atoms with Crippen LogP contribution in [0.15, 0.2) is 72.8 Å². The lowest BCUT2D eigenvalue weighted by Gasteiger charge is -2.34. The molecule has 0 bridgehead atoms. The van der Waals surface area contributed by atoms with Crippen LogP contribution in [0.5, 0.6) is 0 Å². The first-order valence-corrected chi connectivity index (χ1v) is 15.6. The zero-order chi connectivity index (χ0) is 29.4. The number of nitrogens with one attached hydrogen (secondary N) is 1. The SMILES string of the molecule is CC(C)CNC(=O)[C@@H](Cc1ccccc1)N(Cc1cccc(Cl)c1)C(=O)CN(c1ccc(Cl)cc1Cl)S(C)(=O)=O. The highest BCUT2D eigenvalue weighted by atomic mass is 35.5.